The van der Waals surface area contributed by atoms with Crippen LogP contribution >= 0.6 is 0 Å². The summed E-state index contributed by atoms with van der Waals surface area (Å²) < 4.78 is 0. The van der Waals surface area contributed by atoms with Crippen LogP contribution in [0.5, 0.6) is 0 Å². The summed E-state index contributed by atoms with van der Waals surface area (Å²) in [6.45, 7) is 5.29. The van der Waals surface area contributed by atoms with Crippen LogP contribution in [0.3, 0.4) is 0 Å². The largest absolute Gasteiger partial charge is 0.394 e. The highest BCUT2D eigenvalue weighted by Crippen LogP contribution is 2.13. The van der Waals surface area contributed by atoms with E-state index in [4.69, 9.17) is 0 Å². The van der Waals surface area contributed by atoms with Crippen LogP contribution in [0.25, 0.3) is 0 Å². The molecule has 1 fully saturated rings. The first-order chi connectivity index (χ1) is 7.95. The van der Waals surface area contributed by atoms with Crippen molar-refractivity contribution in [2.24, 2.45) is 5.92 Å². The first kappa shape index (κ1) is 14.4. The molecule has 5 nitrogen and oxygen atoms in total. The molecule has 0 aromatic carbocycles. The zero-order chi connectivity index (χ0) is 13.0. The molecule has 1 aliphatic heterocycles. The molecule has 0 radical (unpaired) electrons. The van der Waals surface area contributed by atoms with Gasteiger partial charge in [0.05, 0.1) is 6.61 Å². The van der Waals surface area contributed by atoms with Crippen molar-refractivity contribution in [1.82, 2.24) is 14.7 Å². The van der Waals surface area contributed by atoms with Crippen LogP contribution in [0.2, 0.25) is 0 Å². The molecule has 1 amide bonds. The summed E-state index contributed by atoms with van der Waals surface area (Å²) in [5, 5.41) is 9.34. The number of carbonyl (C=O) groups excluding carboxylic acids is 1. The summed E-state index contributed by atoms with van der Waals surface area (Å²) in [4.78, 5) is 18.2. The van der Waals surface area contributed by atoms with Gasteiger partial charge in [0.15, 0.2) is 0 Å². The summed E-state index contributed by atoms with van der Waals surface area (Å²) >= 11 is 0. The van der Waals surface area contributed by atoms with E-state index in [2.05, 4.69) is 11.8 Å². The van der Waals surface area contributed by atoms with Crippen molar-refractivity contribution in [3.8, 4) is 0 Å². The van der Waals surface area contributed by atoms with E-state index in [1.165, 1.54) is 0 Å². The van der Waals surface area contributed by atoms with E-state index < -0.39 is 0 Å². The van der Waals surface area contributed by atoms with Crippen molar-refractivity contribution in [3.05, 3.63) is 0 Å². The van der Waals surface area contributed by atoms with Crippen LogP contribution in [-0.4, -0.2) is 85.7 Å². The average Bonchev–Trinajstić information content (AvgIpc) is 2.33. The molecule has 5 heteroatoms. The zero-order valence-corrected chi connectivity index (χ0v) is 11.4. The number of hydrogen-bond donors (Lipinski definition) is 1. The number of rotatable bonds is 4. The highest BCUT2D eigenvalue weighted by atomic mass is 16.3. The third-order valence-electron chi connectivity index (χ3n) is 3.25. The predicted molar refractivity (Wildman–Crippen MR) is 67.8 cm³/mol. The number of carbonyl (C=O) groups is 1. The van der Waals surface area contributed by atoms with E-state index in [-0.39, 0.29) is 18.6 Å². The molecule has 1 N–H and O–H groups in total. The predicted octanol–water partition coefficient (Wildman–Crippen LogP) is -0.681. The monoisotopic (exact) mass is 243 g/mol. The SMILES string of the molecule is CC1CN(CCN(C)C)C(=O)C(CO)N(C)C1. The summed E-state index contributed by atoms with van der Waals surface area (Å²) in [5.41, 5.74) is 0. The van der Waals surface area contributed by atoms with E-state index in [9.17, 15) is 9.90 Å². The van der Waals surface area contributed by atoms with Gasteiger partial charge in [-0.1, -0.05) is 6.92 Å². The van der Waals surface area contributed by atoms with E-state index in [1.807, 2.05) is 30.9 Å². The first-order valence-corrected chi connectivity index (χ1v) is 6.20. The molecule has 0 bridgehead atoms. The number of nitrogens with zero attached hydrogens (tertiary/aromatic N) is 3. The molecule has 0 aromatic rings. The normalized spacial score (nSPS) is 27.6. The standard InChI is InChI=1S/C12H25N3O2/c1-10-7-14(4)11(9-16)12(17)15(8-10)6-5-13(2)3/h10-11,16H,5-9H2,1-4H3. The van der Waals surface area contributed by atoms with E-state index in [0.717, 1.165) is 26.2 Å². The van der Waals surface area contributed by atoms with E-state index in [1.54, 1.807) is 0 Å². The van der Waals surface area contributed by atoms with Gasteiger partial charge in [-0.2, -0.15) is 0 Å². The lowest BCUT2D eigenvalue weighted by molar-refractivity contribution is -0.136. The second-order valence-electron chi connectivity index (χ2n) is 5.33. The van der Waals surface area contributed by atoms with Gasteiger partial charge in [-0.15, -0.1) is 0 Å². The molecule has 0 aliphatic carbocycles. The lowest BCUT2D eigenvalue weighted by Gasteiger charge is -2.27. The Morgan fingerprint density at radius 3 is 2.59 bits per heavy atom. The van der Waals surface area contributed by atoms with Gasteiger partial charge in [0.1, 0.15) is 6.04 Å². The molecule has 1 saturated heterocycles. The van der Waals surface area contributed by atoms with Crippen LogP contribution in [0.1, 0.15) is 6.92 Å². The molecule has 0 aromatic heterocycles. The molecule has 17 heavy (non-hydrogen) atoms. The minimum absolute atomic E-state index is 0.0567. The highest BCUT2D eigenvalue weighted by Gasteiger charge is 2.32. The van der Waals surface area contributed by atoms with Gasteiger partial charge in [-0.05, 0) is 27.1 Å². The second kappa shape index (κ2) is 6.33. The first-order valence-electron chi connectivity index (χ1n) is 6.20. The highest BCUT2D eigenvalue weighted by molar-refractivity contribution is 5.82. The molecule has 2 atom stereocenters. The Morgan fingerprint density at radius 1 is 1.41 bits per heavy atom. The molecule has 0 saturated carbocycles. The van der Waals surface area contributed by atoms with Gasteiger partial charge in [-0.25, -0.2) is 0 Å². The summed E-state index contributed by atoms with van der Waals surface area (Å²) in [6, 6.07) is -0.373. The molecule has 0 spiro atoms. The minimum Gasteiger partial charge on any atom is -0.394 e. The van der Waals surface area contributed by atoms with Crippen molar-refractivity contribution in [2.75, 3.05) is 53.9 Å². The van der Waals surface area contributed by atoms with Crippen molar-refractivity contribution in [3.63, 3.8) is 0 Å². The van der Waals surface area contributed by atoms with Crippen molar-refractivity contribution >= 4 is 5.91 Å². The Hall–Kier alpha value is -0.650. The molecule has 1 aliphatic rings. The Kier molecular flexibility index (Phi) is 5.36. The molecular weight excluding hydrogens is 218 g/mol. The van der Waals surface area contributed by atoms with E-state index in [0.29, 0.717) is 5.92 Å². The third-order valence-corrected chi connectivity index (χ3v) is 3.25. The zero-order valence-electron chi connectivity index (χ0n) is 11.4. The van der Waals surface area contributed by atoms with Gasteiger partial charge >= 0.3 is 0 Å². The van der Waals surface area contributed by atoms with Crippen molar-refractivity contribution < 1.29 is 9.90 Å². The fourth-order valence-corrected chi connectivity index (χ4v) is 2.28. The fraction of sp³-hybridized carbons (Fsp3) is 0.917. The Bertz CT molecular complexity index is 258. The molecule has 1 rings (SSSR count). The summed E-state index contributed by atoms with van der Waals surface area (Å²) in [6.07, 6.45) is 0. The summed E-state index contributed by atoms with van der Waals surface area (Å²) in [7, 11) is 5.91. The number of hydrogen-bond acceptors (Lipinski definition) is 4. The molecule has 2 unspecified atom stereocenters. The lowest BCUT2D eigenvalue weighted by atomic mass is 10.1. The lowest BCUT2D eigenvalue weighted by Crippen LogP contribution is -2.48. The Balaban J connectivity index is 2.70. The minimum atomic E-state index is -0.373. The fourth-order valence-electron chi connectivity index (χ4n) is 2.28. The maximum absolute atomic E-state index is 12.3. The molecule has 1 heterocycles. The van der Waals surface area contributed by atoms with Gasteiger partial charge in [-0.3, -0.25) is 9.69 Å². The van der Waals surface area contributed by atoms with Crippen LogP contribution in [0.4, 0.5) is 0 Å². The van der Waals surface area contributed by atoms with Gasteiger partial charge < -0.3 is 14.9 Å². The molecular formula is C12H25N3O2. The Labute approximate surface area is 104 Å². The third kappa shape index (κ3) is 3.94. The van der Waals surface area contributed by atoms with Gasteiger partial charge in [0.2, 0.25) is 5.91 Å². The maximum Gasteiger partial charge on any atom is 0.242 e. The smallest absolute Gasteiger partial charge is 0.242 e. The van der Waals surface area contributed by atoms with E-state index >= 15 is 0 Å². The van der Waals surface area contributed by atoms with Crippen LogP contribution in [0.15, 0.2) is 0 Å². The quantitative estimate of drug-likeness (QED) is 0.711. The second-order valence-corrected chi connectivity index (χ2v) is 5.33. The Morgan fingerprint density at radius 2 is 2.06 bits per heavy atom. The maximum atomic E-state index is 12.3. The summed E-state index contributed by atoms with van der Waals surface area (Å²) in [5.74, 6) is 0.504. The van der Waals surface area contributed by atoms with Crippen molar-refractivity contribution in [1.29, 1.82) is 0 Å². The van der Waals surface area contributed by atoms with Gasteiger partial charge in [0.25, 0.3) is 0 Å². The number of aliphatic hydroxyl groups is 1. The molecule has 100 valence electrons. The van der Waals surface area contributed by atoms with Crippen molar-refractivity contribution in [2.45, 2.75) is 13.0 Å². The number of aliphatic hydroxyl groups excluding tert-OH is 1. The number of likely N-dealkylation sites (N-methyl/N-ethyl adjacent to an activating group) is 2. The topological polar surface area (TPSA) is 47.0 Å². The van der Waals surface area contributed by atoms with Crippen LogP contribution in [0, 0.1) is 5.92 Å². The number of amides is 1. The van der Waals surface area contributed by atoms with Crippen LogP contribution in [-0.2, 0) is 4.79 Å². The van der Waals surface area contributed by atoms with Gasteiger partial charge in [0, 0.05) is 26.2 Å². The van der Waals surface area contributed by atoms with Crippen LogP contribution < -0.4 is 0 Å². The average molecular weight is 243 g/mol.